The predicted molar refractivity (Wildman–Crippen MR) is 90.7 cm³/mol. The summed E-state index contributed by atoms with van der Waals surface area (Å²) in [4.78, 5) is 19.0. The minimum Gasteiger partial charge on any atom is -0.355 e. The molecule has 0 aliphatic carbocycles. The largest absolute Gasteiger partial charge is 0.355 e. The Kier molecular flexibility index (Phi) is 5.10. The number of hydrogen-bond donors (Lipinski definition) is 0. The van der Waals surface area contributed by atoms with E-state index in [2.05, 4.69) is 33.8 Å². The molecule has 0 bridgehead atoms. The first kappa shape index (κ1) is 16.2. The molecule has 0 saturated carbocycles. The molecule has 0 radical (unpaired) electrons. The normalized spacial score (nSPS) is 23.1. The lowest BCUT2D eigenvalue weighted by molar-refractivity contribution is 0.0636. The van der Waals surface area contributed by atoms with Gasteiger partial charge in [-0.15, -0.1) is 10.2 Å². The van der Waals surface area contributed by atoms with E-state index in [4.69, 9.17) is 0 Å². The van der Waals surface area contributed by atoms with Crippen molar-refractivity contribution in [1.29, 1.82) is 0 Å². The summed E-state index contributed by atoms with van der Waals surface area (Å²) < 4.78 is 0. The number of carbonyl (C=O) groups excluding carboxylic acids is 1. The minimum absolute atomic E-state index is 0.00631. The van der Waals surface area contributed by atoms with Crippen molar-refractivity contribution in [3.63, 3.8) is 0 Å². The van der Waals surface area contributed by atoms with Crippen LogP contribution in [-0.2, 0) is 0 Å². The third-order valence-electron chi connectivity index (χ3n) is 4.96. The van der Waals surface area contributed by atoms with E-state index in [1.54, 1.807) is 0 Å². The highest BCUT2D eigenvalue weighted by Gasteiger charge is 2.23. The Morgan fingerprint density at radius 2 is 1.96 bits per heavy atom. The summed E-state index contributed by atoms with van der Waals surface area (Å²) in [6.45, 7) is 11.0. The monoisotopic (exact) mass is 317 g/mol. The first-order valence-corrected chi connectivity index (χ1v) is 8.77. The maximum absolute atomic E-state index is 12.5. The zero-order chi connectivity index (χ0) is 16.2. The van der Waals surface area contributed by atoms with Gasteiger partial charge in [-0.25, -0.2) is 0 Å². The van der Waals surface area contributed by atoms with Crippen LogP contribution in [0.5, 0.6) is 0 Å². The number of nitrogens with zero attached hydrogens (tertiary/aromatic N) is 5. The predicted octanol–water partition coefficient (Wildman–Crippen LogP) is 1.49. The number of carbonyl (C=O) groups is 1. The van der Waals surface area contributed by atoms with E-state index in [1.807, 2.05) is 17.0 Å². The molecule has 6 heteroatoms. The molecule has 2 aliphatic heterocycles. The summed E-state index contributed by atoms with van der Waals surface area (Å²) in [7, 11) is 0. The van der Waals surface area contributed by atoms with Crippen molar-refractivity contribution in [3.05, 3.63) is 17.8 Å². The van der Waals surface area contributed by atoms with Crippen LogP contribution in [0.15, 0.2) is 12.1 Å². The molecular formula is C17H27N5O. The standard InChI is InChI=1S/C17H27N5O/c1-3-20-9-11-21(12-10-20)17(23)15-6-7-16(19-18-15)22-8-4-5-14(2)13-22/h6-7,14H,3-5,8-13H2,1-2H3. The number of amides is 1. The van der Waals surface area contributed by atoms with E-state index >= 15 is 0 Å². The second-order valence-corrected chi connectivity index (χ2v) is 6.70. The SMILES string of the molecule is CCN1CCN(C(=O)c2ccc(N3CCCC(C)C3)nn2)CC1. The van der Waals surface area contributed by atoms with Crippen molar-refractivity contribution >= 4 is 11.7 Å². The van der Waals surface area contributed by atoms with Crippen LogP contribution in [0, 0.1) is 5.92 Å². The van der Waals surface area contributed by atoms with Gasteiger partial charge in [0.1, 0.15) is 0 Å². The Morgan fingerprint density at radius 3 is 2.57 bits per heavy atom. The van der Waals surface area contributed by atoms with Crippen LogP contribution in [-0.4, -0.2) is 71.7 Å². The lowest BCUT2D eigenvalue weighted by Gasteiger charge is -2.34. The molecule has 0 spiro atoms. The lowest BCUT2D eigenvalue weighted by Crippen LogP contribution is -2.48. The Bertz CT molecular complexity index is 524. The highest BCUT2D eigenvalue weighted by Crippen LogP contribution is 2.20. The molecule has 0 N–H and O–H groups in total. The molecule has 1 aromatic heterocycles. The van der Waals surface area contributed by atoms with Crippen molar-refractivity contribution in [3.8, 4) is 0 Å². The Labute approximate surface area is 138 Å². The van der Waals surface area contributed by atoms with E-state index < -0.39 is 0 Å². The van der Waals surface area contributed by atoms with Crippen LogP contribution in [0.25, 0.3) is 0 Å². The van der Waals surface area contributed by atoms with Gasteiger partial charge in [0.2, 0.25) is 0 Å². The second kappa shape index (κ2) is 7.25. The van der Waals surface area contributed by atoms with Crippen LogP contribution in [0.1, 0.15) is 37.2 Å². The summed E-state index contributed by atoms with van der Waals surface area (Å²) in [5, 5.41) is 8.50. The van der Waals surface area contributed by atoms with Crippen molar-refractivity contribution < 1.29 is 4.79 Å². The number of anilines is 1. The number of likely N-dealkylation sites (N-methyl/N-ethyl adjacent to an activating group) is 1. The molecule has 2 fully saturated rings. The average molecular weight is 317 g/mol. The van der Waals surface area contributed by atoms with E-state index in [0.29, 0.717) is 11.6 Å². The van der Waals surface area contributed by atoms with Crippen molar-refractivity contribution in [2.75, 3.05) is 50.7 Å². The average Bonchev–Trinajstić information content (AvgIpc) is 2.61. The minimum atomic E-state index is 0.00631. The van der Waals surface area contributed by atoms with E-state index in [-0.39, 0.29) is 5.91 Å². The van der Waals surface area contributed by atoms with Gasteiger partial charge in [-0.05, 0) is 37.4 Å². The quantitative estimate of drug-likeness (QED) is 0.845. The second-order valence-electron chi connectivity index (χ2n) is 6.70. The molecule has 1 aromatic rings. The molecule has 3 heterocycles. The third kappa shape index (κ3) is 3.80. The molecule has 1 atom stereocenters. The molecular weight excluding hydrogens is 290 g/mol. The Hall–Kier alpha value is -1.69. The fraction of sp³-hybridized carbons (Fsp3) is 0.706. The molecule has 0 aromatic carbocycles. The number of piperidine rings is 1. The summed E-state index contributed by atoms with van der Waals surface area (Å²) in [5.74, 6) is 1.59. The zero-order valence-electron chi connectivity index (χ0n) is 14.2. The van der Waals surface area contributed by atoms with Gasteiger partial charge in [0.15, 0.2) is 11.5 Å². The van der Waals surface area contributed by atoms with Crippen LogP contribution < -0.4 is 4.90 Å². The van der Waals surface area contributed by atoms with Crippen LogP contribution in [0.2, 0.25) is 0 Å². The number of aromatic nitrogens is 2. The van der Waals surface area contributed by atoms with Gasteiger partial charge in [0.25, 0.3) is 5.91 Å². The number of hydrogen-bond acceptors (Lipinski definition) is 5. The molecule has 2 aliphatic rings. The topological polar surface area (TPSA) is 52.6 Å². The highest BCUT2D eigenvalue weighted by molar-refractivity contribution is 5.92. The lowest BCUT2D eigenvalue weighted by atomic mass is 10.0. The van der Waals surface area contributed by atoms with Crippen molar-refractivity contribution in [2.45, 2.75) is 26.7 Å². The molecule has 2 saturated heterocycles. The first-order chi connectivity index (χ1) is 11.2. The summed E-state index contributed by atoms with van der Waals surface area (Å²) >= 11 is 0. The fourth-order valence-corrected chi connectivity index (χ4v) is 3.43. The molecule has 23 heavy (non-hydrogen) atoms. The smallest absolute Gasteiger partial charge is 0.274 e. The maximum atomic E-state index is 12.5. The van der Waals surface area contributed by atoms with Crippen LogP contribution in [0.3, 0.4) is 0 Å². The van der Waals surface area contributed by atoms with Gasteiger partial charge in [-0.1, -0.05) is 13.8 Å². The van der Waals surface area contributed by atoms with Crippen LogP contribution >= 0.6 is 0 Å². The summed E-state index contributed by atoms with van der Waals surface area (Å²) in [5.41, 5.74) is 0.462. The molecule has 6 nitrogen and oxygen atoms in total. The van der Waals surface area contributed by atoms with E-state index in [9.17, 15) is 4.79 Å². The van der Waals surface area contributed by atoms with Crippen molar-refractivity contribution in [2.24, 2.45) is 5.92 Å². The van der Waals surface area contributed by atoms with Crippen molar-refractivity contribution in [1.82, 2.24) is 20.0 Å². The van der Waals surface area contributed by atoms with Gasteiger partial charge >= 0.3 is 0 Å². The highest BCUT2D eigenvalue weighted by atomic mass is 16.2. The first-order valence-electron chi connectivity index (χ1n) is 8.77. The van der Waals surface area contributed by atoms with Gasteiger partial charge in [0, 0.05) is 39.3 Å². The number of piperazine rings is 1. The summed E-state index contributed by atoms with van der Waals surface area (Å²) in [6.07, 6.45) is 2.48. The molecule has 3 rings (SSSR count). The van der Waals surface area contributed by atoms with E-state index in [1.165, 1.54) is 12.8 Å². The summed E-state index contributed by atoms with van der Waals surface area (Å²) in [6, 6.07) is 3.77. The van der Waals surface area contributed by atoms with Gasteiger partial charge < -0.3 is 14.7 Å². The van der Waals surface area contributed by atoms with Gasteiger partial charge in [-0.3, -0.25) is 4.79 Å². The maximum Gasteiger partial charge on any atom is 0.274 e. The zero-order valence-corrected chi connectivity index (χ0v) is 14.2. The third-order valence-corrected chi connectivity index (χ3v) is 4.96. The molecule has 1 amide bonds. The van der Waals surface area contributed by atoms with Crippen LogP contribution in [0.4, 0.5) is 5.82 Å². The Balaban J connectivity index is 1.61. The Morgan fingerprint density at radius 1 is 1.17 bits per heavy atom. The fourth-order valence-electron chi connectivity index (χ4n) is 3.43. The van der Waals surface area contributed by atoms with Gasteiger partial charge in [0.05, 0.1) is 0 Å². The van der Waals surface area contributed by atoms with Gasteiger partial charge in [-0.2, -0.15) is 0 Å². The number of rotatable bonds is 3. The molecule has 1 unspecified atom stereocenters. The molecule has 126 valence electrons. The van der Waals surface area contributed by atoms with E-state index in [0.717, 1.165) is 51.6 Å².